The lowest BCUT2D eigenvalue weighted by Crippen LogP contribution is -1.89. The molecule has 5 nitrogen and oxygen atoms in total. The first-order chi connectivity index (χ1) is 9.33. The molecule has 4 aromatic rings. The maximum Gasteiger partial charge on any atom is 0.217 e. The van der Waals surface area contributed by atoms with Crippen LogP contribution >= 0.6 is 0 Å². The number of imidazole rings is 1. The van der Waals surface area contributed by atoms with Gasteiger partial charge >= 0.3 is 0 Å². The van der Waals surface area contributed by atoms with Crippen molar-refractivity contribution in [1.29, 1.82) is 0 Å². The number of nitrogens with zero attached hydrogens (tertiary/aromatic N) is 4. The van der Waals surface area contributed by atoms with E-state index >= 15 is 0 Å². The van der Waals surface area contributed by atoms with Crippen LogP contribution in [0.2, 0.25) is 0 Å². The van der Waals surface area contributed by atoms with E-state index in [1.807, 2.05) is 12.3 Å². The molecule has 4 rings (SSSR count). The fourth-order valence-corrected chi connectivity index (χ4v) is 2.21. The molecule has 0 radical (unpaired) electrons. The van der Waals surface area contributed by atoms with Gasteiger partial charge in [0.2, 0.25) is 5.95 Å². The predicted octanol–water partition coefficient (Wildman–Crippen LogP) is 2.41. The molecule has 0 aliphatic rings. The number of rotatable bonds is 1. The molecule has 4 heterocycles. The first-order valence-corrected chi connectivity index (χ1v) is 5.73. The lowest BCUT2D eigenvalue weighted by molar-refractivity contribution is 0.573. The lowest BCUT2D eigenvalue weighted by atomic mass is 10.1. The molecule has 0 bridgehead atoms. The van der Waals surface area contributed by atoms with Crippen molar-refractivity contribution in [3.63, 3.8) is 0 Å². The van der Waals surface area contributed by atoms with E-state index in [1.54, 1.807) is 18.5 Å². The molecular formula is C13H8FN5. The third-order valence-corrected chi connectivity index (χ3v) is 3.13. The monoisotopic (exact) mass is 253 g/mol. The topological polar surface area (TPSA) is 58.9 Å². The summed E-state index contributed by atoms with van der Waals surface area (Å²) in [5.41, 5.74) is 3.16. The lowest BCUT2D eigenvalue weighted by Gasteiger charge is -2.01. The molecular weight excluding hydrogens is 245 g/mol. The number of H-pyrrole nitrogens is 1. The summed E-state index contributed by atoms with van der Waals surface area (Å²) >= 11 is 0. The Hall–Kier alpha value is -2.76. The van der Waals surface area contributed by atoms with Crippen molar-refractivity contribution >= 4 is 16.7 Å². The molecule has 4 aromatic heterocycles. The number of hydrogen-bond donors (Lipinski definition) is 1. The van der Waals surface area contributed by atoms with Crippen molar-refractivity contribution < 1.29 is 4.39 Å². The Morgan fingerprint density at radius 3 is 3.05 bits per heavy atom. The van der Waals surface area contributed by atoms with Crippen LogP contribution in [0.1, 0.15) is 0 Å². The van der Waals surface area contributed by atoms with Gasteiger partial charge in [-0.1, -0.05) is 0 Å². The van der Waals surface area contributed by atoms with Gasteiger partial charge in [-0.25, -0.2) is 15.0 Å². The van der Waals surface area contributed by atoms with Crippen molar-refractivity contribution in [3.8, 4) is 11.1 Å². The van der Waals surface area contributed by atoms with E-state index in [2.05, 4.69) is 19.9 Å². The molecule has 1 N–H and O–H groups in total. The minimum absolute atomic E-state index is 0.382. The molecule has 6 heteroatoms. The molecule has 0 aromatic carbocycles. The highest BCUT2D eigenvalue weighted by atomic mass is 19.1. The van der Waals surface area contributed by atoms with Crippen molar-refractivity contribution in [1.82, 2.24) is 24.3 Å². The largest absolute Gasteiger partial charge is 0.345 e. The Kier molecular flexibility index (Phi) is 1.94. The Bertz CT molecular complexity index is 892. The zero-order valence-corrected chi connectivity index (χ0v) is 9.71. The van der Waals surface area contributed by atoms with Gasteiger partial charge in [-0.15, -0.1) is 0 Å². The van der Waals surface area contributed by atoms with E-state index in [1.165, 1.54) is 16.9 Å². The SMILES string of the molecule is Fc1cnc2ccc(-c3c[nH]c4ncncc34)cn12. The second kappa shape index (κ2) is 3.61. The summed E-state index contributed by atoms with van der Waals surface area (Å²) in [6, 6.07) is 3.68. The summed E-state index contributed by atoms with van der Waals surface area (Å²) in [6.45, 7) is 0. The highest BCUT2D eigenvalue weighted by Gasteiger charge is 2.09. The average Bonchev–Trinajstić information content (AvgIpc) is 3.03. The van der Waals surface area contributed by atoms with Crippen LogP contribution in [-0.4, -0.2) is 24.3 Å². The van der Waals surface area contributed by atoms with E-state index in [0.29, 0.717) is 5.65 Å². The standard InChI is InChI=1S/C13H8FN5/c14-11-5-16-12-2-1-8(6-19(11)12)9-4-17-13-10(9)3-15-7-18-13/h1-7H,(H,15,17,18). The summed E-state index contributed by atoms with van der Waals surface area (Å²) in [5, 5.41) is 0.905. The summed E-state index contributed by atoms with van der Waals surface area (Å²) in [4.78, 5) is 15.2. The quantitative estimate of drug-likeness (QED) is 0.566. The third kappa shape index (κ3) is 1.43. The van der Waals surface area contributed by atoms with Crippen LogP contribution in [0, 0.1) is 5.95 Å². The van der Waals surface area contributed by atoms with Gasteiger partial charge in [0.25, 0.3) is 0 Å². The fourth-order valence-electron chi connectivity index (χ4n) is 2.21. The first kappa shape index (κ1) is 10.2. The van der Waals surface area contributed by atoms with Crippen molar-refractivity contribution in [3.05, 3.63) is 49.2 Å². The highest BCUT2D eigenvalue weighted by molar-refractivity contribution is 5.92. The molecule has 0 saturated heterocycles. The zero-order valence-electron chi connectivity index (χ0n) is 9.71. The molecule has 0 fully saturated rings. The van der Waals surface area contributed by atoms with E-state index in [9.17, 15) is 4.39 Å². The van der Waals surface area contributed by atoms with Gasteiger partial charge in [0.15, 0.2) is 0 Å². The van der Waals surface area contributed by atoms with Crippen LogP contribution in [0.4, 0.5) is 4.39 Å². The normalized spacial score (nSPS) is 11.4. The highest BCUT2D eigenvalue weighted by Crippen LogP contribution is 2.27. The summed E-state index contributed by atoms with van der Waals surface area (Å²) in [5.74, 6) is -0.382. The Morgan fingerprint density at radius 2 is 2.11 bits per heavy atom. The maximum atomic E-state index is 13.5. The second-order valence-electron chi connectivity index (χ2n) is 4.21. The molecule has 0 saturated carbocycles. The predicted molar refractivity (Wildman–Crippen MR) is 68.0 cm³/mol. The first-order valence-electron chi connectivity index (χ1n) is 5.73. The number of nitrogens with one attached hydrogen (secondary N) is 1. The van der Waals surface area contributed by atoms with Crippen LogP contribution in [-0.2, 0) is 0 Å². The molecule has 0 atom stereocenters. The summed E-state index contributed by atoms with van der Waals surface area (Å²) in [6.07, 6.45) is 7.99. The minimum Gasteiger partial charge on any atom is -0.345 e. The van der Waals surface area contributed by atoms with Gasteiger partial charge in [0.1, 0.15) is 17.6 Å². The van der Waals surface area contributed by atoms with Gasteiger partial charge in [-0.3, -0.25) is 4.40 Å². The number of pyridine rings is 1. The number of aromatic nitrogens is 5. The van der Waals surface area contributed by atoms with Gasteiger partial charge in [-0.2, -0.15) is 4.39 Å². The molecule has 19 heavy (non-hydrogen) atoms. The Morgan fingerprint density at radius 1 is 1.16 bits per heavy atom. The van der Waals surface area contributed by atoms with E-state index in [4.69, 9.17) is 0 Å². The van der Waals surface area contributed by atoms with Gasteiger partial charge in [0, 0.05) is 35.1 Å². The molecule has 0 amide bonds. The van der Waals surface area contributed by atoms with Crippen LogP contribution < -0.4 is 0 Å². The van der Waals surface area contributed by atoms with Crippen LogP contribution in [0.3, 0.4) is 0 Å². The van der Waals surface area contributed by atoms with Crippen LogP contribution in [0.5, 0.6) is 0 Å². The molecule has 0 unspecified atom stereocenters. The van der Waals surface area contributed by atoms with E-state index in [-0.39, 0.29) is 5.95 Å². The molecule has 0 spiro atoms. The summed E-state index contributed by atoms with van der Waals surface area (Å²) < 4.78 is 15.0. The van der Waals surface area contributed by atoms with Crippen LogP contribution in [0.15, 0.2) is 43.2 Å². The Balaban J connectivity index is 2.01. The fraction of sp³-hybridized carbons (Fsp3) is 0. The average molecular weight is 253 g/mol. The Labute approximate surface area is 106 Å². The third-order valence-electron chi connectivity index (χ3n) is 3.13. The van der Waals surface area contributed by atoms with Crippen LogP contribution in [0.25, 0.3) is 27.8 Å². The number of aromatic amines is 1. The minimum atomic E-state index is -0.382. The number of halogens is 1. The molecule has 0 aliphatic carbocycles. The maximum absolute atomic E-state index is 13.5. The molecule has 92 valence electrons. The summed E-state index contributed by atoms with van der Waals surface area (Å²) in [7, 11) is 0. The van der Waals surface area contributed by atoms with Gasteiger partial charge in [-0.05, 0) is 12.1 Å². The second-order valence-corrected chi connectivity index (χ2v) is 4.21. The van der Waals surface area contributed by atoms with Crippen molar-refractivity contribution in [2.24, 2.45) is 0 Å². The van der Waals surface area contributed by atoms with Gasteiger partial charge < -0.3 is 4.98 Å². The van der Waals surface area contributed by atoms with E-state index in [0.717, 1.165) is 22.2 Å². The molecule has 0 aliphatic heterocycles. The van der Waals surface area contributed by atoms with Crippen molar-refractivity contribution in [2.45, 2.75) is 0 Å². The smallest absolute Gasteiger partial charge is 0.217 e. The van der Waals surface area contributed by atoms with Gasteiger partial charge in [0.05, 0.1) is 6.20 Å². The van der Waals surface area contributed by atoms with E-state index < -0.39 is 0 Å². The number of fused-ring (bicyclic) bond motifs is 2. The zero-order chi connectivity index (χ0) is 12.8. The van der Waals surface area contributed by atoms with Crippen molar-refractivity contribution in [2.75, 3.05) is 0 Å². The number of hydrogen-bond acceptors (Lipinski definition) is 3.